The van der Waals surface area contributed by atoms with Crippen LogP contribution in [0.4, 0.5) is 0 Å². The van der Waals surface area contributed by atoms with Crippen LogP contribution < -0.4 is 0 Å². The molecule has 0 saturated heterocycles. The molecule has 0 aromatic heterocycles. The second kappa shape index (κ2) is 3.85. The summed E-state index contributed by atoms with van der Waals surface area (Å²) in [6, 6.07) is 5.96. The maximum atomic E-state index is 10.9. The highest BCUT2D eigenvalue weighted by Crippen LogP contribution is 2.20. The summed E-state index contributed by atoms with van der Waals surface area (Å²) in [5.41, 5.74) is 2.27. The van der Waals surface area contributed by atoms with Crippen LogP contribution in [0.1, 0.15) is 18.1 Å². The minimum absolute atomic E-state index is 0.199. The molecule has 0 radical (unpaired) electrons. The molecule has 12 heavy (non-hydrogen) atoms. The van der Waals surface area contributed by atoms with Gasteiger partial charge in [-0.05, 0) is 31.0 Å². The molecule has 0 N–H and O–H groups in total. The Balaban J connectivity index is 3.04. The van der Waals surface area contributed by atoms with Crippen LogP contribution in [-0.4, -0.2) is 5.78 Å². The van der Waals surface area contributed by atoms with Crippen molar-refractivity contribution >= 4 is 21.7 Å². The topological polar surface area (TPSA) is 17.1 Å². The molecule has 0 unspecified atom stereocenters. The first-order valence-electron chi connectivity index (χ1n) is 3.84. The van der Waals surface area contributed by atoms with E-state index < -0.39 is 0 Å². The van der Waals surface area contributed by atoms with E-state index in [1.165, 1.54) is 5.56 Å². The van der Waals surface area contributed by atoms with Crippen molar-refractivity contribution < 1.29 is 4.79 Å². The maximum absolute atomic E-state index is 10.9. The van der Waals surface area contributed by atoms with Crippen LogP contribution in [0.3, 0.4) is 0 Å². The zero-order chi connectivity index (χ0) is 9.14. The summed E-state index contributed by atoms with van der Waals surface area (Å²) in [6.07, 6.45) is 0.521. The Morgan fingerprint density at radius 3 is 2.67 bits per heavy atom. The summed E-state index contributed by atoms with van der Waals surface area (Å²) in [7, 11) is 0. The van der Waals surface area contributed by atoms with Crippen molar-refractivity contribution in [3.05, 3.63) is 33.8 Å². The van der Waals surface area contributed by atoms with Gasteiger partial charge in [0.1, 0.15) is 5.78 Å². The van der Waals surface area contributed by atoms with E-state index in [-0.39, 0.29) is 5.78 Å². The van der Waals surface area contributed by atoms with E-state index in [1.807, 2.05) is 25.1 Å². The predicted octanol–water partition coefficient (Wildman–Crippen LogP) is 2.89. The molecule has 0 atom stereocenters. The summed E-state index contributed by atoms with van der Waals surface area (Å²) in [5.74, 6) is 0.199. The largest absolute Gasteiger partial charge is 0.300 e. The van der Waals surface area contributed by atoms with Crippen molar-refractivity contribution in [2.24, 2.45) is 0 Å². The Morgan fingerprint density at radius 2 is 2.17 bits per heavy atom. The minimum atomic E-state index is 0.199. The maximum Gasteiger partial charge on any atom is 0.134 e. The second-order valence-electron chi connectivity index (χ2n) is 2.91. The van der Waals surface area contributed by atoms with E-state index in [4.69, 9.17) is 0 Å². The van der Waals surface area contributed by atoms with Crippen molar-refractivity contribution in [3.63, 3.8) is 0 Å². The van der Waals surface area contributed by atoms with Gasteiger partial charge >= 0.3 is 0 Å². The molecule has 1 aromatic carbocycles. The van der Waals surface area contributed by atoms with E-state index in [1.54, 1.807) is 6.92 Å². The van der Waals surface area contributed by atoms with Gasteiger partial charge in [-0.1, -0.05) is 28.1 Å². The van der Waals surface area contributed by atoms with Gasteiger partial charge in [0.25, 0.3) is 0 Å². The fourth-order valence-electron chi connectivity index (χ4n) is 1.14. The lowest BCUT2D eigenvalue weighted by Crippen LogP contribution is -1.99. The van der Waals surface area contributed by atoms with Crippen LogP contribution in [-0.2, 0) is 11.2 Å². The molecule has 0 saturated carbocycles. The van der Waals surface area contributed by atoms with Crippen molar-refractivity contribution in [2.45, 2.75) is 20.3 Å². The van der Waals surface area contributed by atoms with Crippen molar-refractivity contribution in [3.8, 4) is 0 Å². The fourth-order valence-corrected chi connectivity index (χ4v) is 1.74. The molecule has 2 heteroatoms. The first-order valence-corrected chi connectivity index (χ1v) is 4.64. The third-order valence-corrected chi connectivity index (χ3v) is 2.52. The molecule has 1 rings (SSSR count). The molecule has 0 spiro atoms. The summed E-state index contributed by atoms with van der Waals surface area (Å²) in [5, 5.41) is 0. The number of hydrogen-bond donors (Lipinski definition) is 0. The highest BCUT2D eigenvalue weighted by Gasteiger charge is 2.04. The van der Waals surface area contributed by atoms with Gasteiger partial charge in [-0.3, -0.25) is 4.79 Å². The first kappa shape index (κ1) is 9.46. The molecule has 0 aliphatic heterocycles. The van der Waals surface area contributed by atoms with Crippen LogP contribution in [0.15, 0.2) is 22.7 Å². The van der Waals surface area contributed by atoms with Gasteiger partial charge in [0.05, 0.1) is 0 Å². The van der Waals surface area contributed by atoms with Gasteiger partial charge in [0.15, 0.2) is 0 Å². The second-order valence-corrected chi connectivity index (χ2v) is 3.77. The predicted molar refractivity (Wildman–Crippen MR) is 53.3 cm³/mol. The molecule has 0 heterocycles. The normalized spacial score (nSPS) is 9.92. The van der Waals surface area contributed by atoms with Crippen LogP contribution >= 0.6 is 15.9 Å². The number of halogens is 1. The molecular weight excluding hydrogens is 216 g/mol. The van der Waals surface area contributed by atoms with Gasteiger partial charge in [0.2, 0.25) is 0 Å². The number of aryl methyl sites for hydroxylation is 1. The number of benzene rings is 1. The molecule has 0 aliphatic rings. The highest BCUT2D eigenvalue weighted by atomic mass is 79.9. The molecule has 64 valence electrons. The summed E-state index contributed by atoms with van der Waals surface area (Å²) < 4.78 is 1.03. The molecule has 0 aliphatic carbocycles. The lowest BCUT2D eigenvalue weighted by molar-refractivity contribution is -0.116. The number of hydrogen-bond acceptors (Lipinski definition) is 1. The Bertz CT molecular complexity index is 284. The lowest BCUT2D eigenvalue weighted by atomic mass is 10.0. The van der Waals surface area contributed by atoms with Gasteiger partial charge < -0.3 is 0 Å². The van der Waals surface area contributed by atoms with Crippen LogP contribution in [0, 0.1) is 6.92 Å². The Morgan fingerprint density at radius 1 is 1.50 bits per heavy atom. The summed E-state index contributed by atoms with van der Waals surface area (Å²) >= 11 is 3.42. The number of Topliss-reactive ketones (excluding diaryl/α,β-unsaturated/α-hetero) is 1. The molecule has 0 amide bonds. The van der Waals surface area contributed by atoms with E-state index in [0.29, 0.717) is 6.42 Å². The van der Waals surface area contributed by atoms with Gasteiger partial charge in [0, 0.05) is 10.9 Å². The zero-order valence-corrected chi connectivity index (χ0v) is 8.81. The first-order chi connectivity index (χ1) is 5.61. The Kier molecular flexibility index (Phi) is 3.04. The third-order valence-electron chi connectivity index (χ3n) is 1.78. The average Bonchev–Trinajstić information content (AvgIpc) is 1.97. The van der Waals surface area contributed by atoms with Gasteiger partial charge in [-0.25, -0.2) is 0 Å². The fraction of sp³-hybridized carbons (Fsp3) is 0.300. The number of carbonyl (C=O) groups is 1. The van der Waals surface area contributed by atoms with Crippen molar-refractivity contribution in [1.82, 2.24) is 0 Å². The standard InChI is InChI=1S/C10H11BrO/c1-7-4-3-5-10(11)9(7)6-8(2)12/h3-5H,6H2,1-2H3. The third kappa shape index (κ3) is 2.18. The van der Waals surface area contributed by atoms with Crippen LogP contribution in [0.25, 0.3) is 0 Å². The van der Waals surface area contributed by atoms with Crippen LogP contribution in [0.2, 0.25) is 0 Å². The molecule has 1 aromatic rings. The van der Waals surface area contributed by atoms with E-state index in [0.717, 1.165) is 10.0 Å². The summed E-state index contributed by atoms with van der Waals surface area (Å²) in [4.78, 5) is 10.9. The van der Waals surface area contributed by atoms with E-state index in [9.17, 15) is 4.79 Å². The summed E-state index contributed by atoms with van der Waals surface area (Å²) in [6.45, 7) is 3.63. The number of carbonyl (C=O) groups excluding carboxylic acids is 1. The van der Waals surface area contributed by atoms with Crippen molar-refractivity contribution in [2.75, 3.05) is 0 Å². The Hall–Kier alpha value is -0.630. The van der Waals surface area contributed by atoms with E-state index in [2.05, 4.69) is 15.9 Å². The quantitative estimate of drug-likeness (QED) is 0.759. The highest BCUT2D eigenvalue weighted by molar-refractivity contribution is 9.10. The molecule has 0 bridgehead atoms. The molecule has 0 fully saturated rings. The molecule has 1 nitrogen and oxygen atoms in total. The number of rotatable bonds is 2. The average molecular weight is 227 g/mol. The minimum Gasteiger partial charge on any atom is -0.300 e. The lowest BCUT2D eigenvalue weighted by Gasteiger charge is -2.05. The smallest absolute Gasteiger partial charge is 0.134 e. The van der Waals surface area contributed by atoms with Crippen molar-refractivity contribution in [1.29, 1.82) is 0 Å². The SMILES string of the molecule is CC(=O)Cc1c(C)cccc1Br. The Labute approximate surface area is 80.9 Å². The van der Waals surface area contributed by atoms with Gasteiger partial charge in [-0.2, -0.15) is 0 Å². The van der Waals surface area contributed by atoms with E-state index >= 15 is 0 Å². The van der Waals surface area contributed by atoms with Gasteiger partial charge in [-0.15, -0.1) is 0 Å². The molecular formula is C10H11BrO. The number of ketones is 1. The zero-order valence-electron chi connectivity index (χ0n) is 7.23. The monoisotopic (exact) mass is 226 g/mol. The van der Waals surface area contributed by atoms with Crippen LogP contribution in [0.5, 0.6) is 0 Å².